The third-order valence-electron chi connectivity index (χ3n) is 2.83. The van der Waals surface area contributed by atoms with Crippen molar-refractivity contribution in [2.75, 3.05) is 19.7 Å². The standard InChI is InChI=1S/C10H20N2O2/c1-8(6-11)5-10(14)12-4-2-3-9(12)7-13/h8-9,13H,2-7,11H2,1H3. The number of nitrogens with zero attached hydrogens (tertiary/aromatic N) is 1. The minimum absolute atomic E-state index is 0.0486. The third-order valence-corrected chi connectivity index (χ3v) is 2.83. The van der Waals surface area contributed by atoms with E-state index in [1.807, 2.05) is 6.92 Å². The van der Waals surface area contributed by atoms with Gasteiger partial charge in [0, 0.05) is 13.0 Å². The number of hydrogen-bond acceptors (Lipinski definition) is 3. The predicted octanol–water partition coefficient (Wildman–Crippen LogP) is -0.0454. The van der Waals surface area contributed by atoms with Gasteiger partial charge in [0.2, 0.25) is 5.91 Å². The smallest absolute Gasteiger partial charge is 0.223 e. The van der Waals surface area contributed by atoms with Crippen molar-refractivity contribution in [1.29, 1.82) is 0 Å². The third kappa shape index (κ3) is 2.69. The molecule has 1 aliphatic rings. The molecule has 3 N–H and O–H groups in total. The van der Waals surface area contributed by atoms with Gasteiger partial charge in [0.25, 0.3) is 0 Å². The molecule has 1 rings (SSSR count). The lowest BCUT2D eigenvalue weighted by molar-refractivity contribution is -0.133. The zero-order valence-corrected chi connectivity index (χ0v) is 8.78. The molecule has 1 saturated heterocycles. The molecule has 0 spiro atoms. The Hall–Kier alpha value is -0.610. The molecule has 0 saturated carbocycles. The highest BCUT2D eigenvalue weighted by atomic mass is 16.3. The van der Waals surface area contributed by atoms with Crippen molar-refractivity contribution in [3.05, 3.63) is 0 Å². The number of likely N-dealkylation sites (tertiary alicyclic amines) is 1. The van der Waals surface area contributed by atoms with E-state index in [4.69, 9.17) is 10.8 Å². The van der Waals surface area contributed by atoms with Crippen LogP contribution < -0.4 is 5.73 Å². The van der Waals surface area contributed by atoms with Crippen LogP contribution in [-0.4, -0.2) is 41.7 Å². The molecule has 82 valence electrons. The summed E-state index contributed by atoms with van der Waals surface area (Å²) in [6.07, 6.45) is 2.44. The SMILES string of the molecule is CC(CN)CC(=O)N1CCCC1CO. The fraction of sp³-hybridized carbons (Fsp3) is 0.900. The fourth-order valence-corrected chi connectivity index (χ4v) is 1.85. The van der Waals surface area contributed by atoms with Crippen LogP contribution in [0.25, 0.3) is 0 Å². The lowest BCUT2D eigenvalue weighted by Crippen LogP contribution is -2.38. The summed E-state index contributed by atoms with van der Waals surface area (Å²) < 4.78 is 0. The Morgan fingerprint density at radius 2 is 2.43 bits per heavy atom. The lowest BCUT2D eigenvalue weighted by Gasteiger charge is -2.24. The number of carbonyl (C=O) groups excluding carboxylic acids is 1. The number of carbonyl (C=O) groups is 1. The van der Waals surface area contributed by atoms with Crippen LogP contribution >= 0.6 is 0 Å². The molecule has 1 amide bonds. The number of rotatable bonds is 4. The van der Waals surface area contributed by atoms with E-state index < -0.39 is 0 Å². The van der Waals surface area contributed by atoms with E-state index >= 15 is 0 Å². The number of nitrogens with two attached hydrogens (primary N) is 1. The fourth-order valence-electron chi connectivity index (χ4n) is 1.85. The van der Waals surface area contributed by atoms with Crippen LogP contribution in [0.2, 0.25) is 0 Å². The van der Waals surface area contributed by atoms with E-state index in [-0.39, 0.29) is 24.5 Å². The van der Waals surface area contributed by atoms with Gasteiger partial charge in [-0.1, -0.05) is 6.92 Å². The Balaban J connectivity index is 2.43. The molecule has 1 heterocycles. The molecule has 0 aliphatic carbocycles. The van der Waals surface area contributed by atoms with Crippen molar-refractivity contribution < 1.29 is 9.90 Å². The van der Waals surface area contributed by atoms with Crippen LogP contribution in [0.5, 0.6) is 0 Å². The van der Waals surface area contributed by atoms with Crippen molar-refractivity contribution in [3.63, 3.8) is 0 Å². The first-order valence-electron chi connectivity index (χ1n) is 5.29. The molecule has 14 heavy (non-hydrogen) atoms. The number of hydrogen-bond donors (Lipinski definition) is 2. The first-order valence-corrected chi connectivity index (χ1v) is 5.29. The van der Waals surface area contributed by atoms with Crippen LogP contribution in [0.1, 0.15) is 26.2 Å². The average molecular weight is 200 g/mol. The molecule has 0 aromatic heterocycles. The normalized spacial score (nSPS) is 23.9. The Bertz CT molecular complexity index is 197. The van der Waals surface area contributed by atoms with E-state index in [1.54, 1.807) is 4.90 Å². The summed E-state index contributed by atoms with van der Waals surface area (Å²) in [6.45, 7) is 3.40. The first kappa shape index (κ1) is 11.5. The summed E-state index contributed by atoms with van der Waals surface area (Å²) in [7, 11) is 0. The van der Waals surface area contributed by atoms with Gasteiger partial charge in [-0.2, -0.15) is 0 Å². The molecule has 0 radical (unpaired) electrons. The summed E-state index contributed by atoms with van der Waals surface area (Å²) in [6, 6.07) is 0.0486. The average Bonchev–Trinajstić information content (AvgIpc) is 2.65. The molecule has 0 bridgehead atoms. The highest BCUT2D eigenvalue weighted by Gasteiger charge is 2.28. The molecule has 2 atom stereocenters. The van der Waals surface area contributed by atoms with Crippen molar-refractivity contribution in [2.45, 2.75) is 32.2 Å². The molecule has 0 aromatic carbocycles. The number of aliphatic hydroxyl groups is 1. The summed E-state index contributed by atoms with van der Waals surface area (Å²) in [5.41, 5.74) is 5.47. The summed E-state index contributed by atoms with van der Waals surface area (Å²) in [5.74, 6) is 0.377. The molecule has 1 fully saturated rings. The highest BCUT2D eigenvalue weighted by Crippen LogP contribution is 2.18. The molecule has 0 aromatic rings. The maximum Gasteiger partial charge on any atom is 0.223 e. The first-order chi connectivity index (χ1) is 6.69. The number of aliphatic hydroxyl groups excluding tert-OH is 1. The van der Waals surface area contributed by atoms with Gasteiger partial charge in [-0.05, 0) is 25.3 Å². The maximum atomic E-state index is 11.7. The topological polar surface area (TPSA) is 66.6 Å². The summed E-state index contributed by atoms with van der Waals surface area (Å²) in [4.78, 5) is 13.5. The Morgan fingerprint density at radius 1 is 1.71 bits per heavy atom. The molecule has 4 nitrogen and oxygen atoms in total. The van der Waals surface area contributed by atoms with Gasteiger partial charge in [0.15, 0.2) is 0 Å². The quantitative estimate of drug-likeness (QED) is 0.669. The zero-order chi connectivity index (χ0) is 10.6. The molecular weight excluding hydrogens is 180 g/mol. The zero-order valence-electron chi connectivity index (χ0n) is 8.78. The highest BCUT2D eigenvalue weighted by molar-refractivity contribution is 5.77. The van der Waals surface area contributed by atoms with E-state index in [2.05, 4.69) is 0 Å². The summed E-state index contributed by atoms with van der Waals surface area (Å²) in [5, 5.41) is 9.06. The molecule has 4 heteroatoms. The van der Waals surface area contributed by atoms with E-state index in [0.29, 0.717) is 13.0 Å². The van der Waals surface area contributed by atoms with E-state index in [1.165, 1.54) is 0 Å². The van der Waals surface area contributed by atoms with Crippen LogP contribution in [0.3, 0.4) is 0 Å². The van der Waals surface area contributed by atoms with Gasteiger partial charge < -0.3 is 15.7 Å². The Labute approximate surface area is 85.1 Å². The largest absolute Gasteiger partial charge is 0.394 e. The van der Waals surface area contributed by atoms with Gasteiger partial charge in [0.1, 0.15) is 0 Å². The predicted molar refractivity (Wildman–Crippen MR) is 54.7 cm³/mol. The molecule has 2 unspecified atom stereocenters. The van der Waals surface area contributed by atoms with Crippen LogP contribution in [0.4, 0.5) is 0 Å². The Kier molecular flexibility index (Phi) is 4.35. The second-order valence-corrected chi connectivity index (χ2v) is 4.11. The van der Waals surface area contributed by atoms with Gasteiger partial charge in [-0.3, -0.25) is 4.79 Å². The van der Waals surface area contributed by atoms with Crippen LogP contribution in [0.15, 0.2) is 0 Å². The molecule has 1 aliphatic heterocycles. The second-order valence-electron chi connectivity index (χ2n) is 4.11. The minimum atomic E-state index is 0.0486. The minimum Gasteiger partial charge on any atom is -0.394 e. The van der Waals surface area contributed by atoms with Crippen LogP contribution in [-0.2, 0) is 4.79 Å². The van der Waals surface area contributed by atoms with Crippen molar-refractivity contribution in [3.8, 4) is 0 Å². The van der Waals surface area contributed by atoms with E-state index in [9.17, 15) is 4.79 Å². The second kappa shape index (κ2) is 5.32. The lowest BCUT2D eigenvalue weighted by atomic mass is 10.1. The van der Waals surface area contributed by atoms with Crippen molar-refractivity contribution in [1.82, 2.24) is 4.90 Å². The molecular formula is C10H20N2O2. The monoisotopic (exact) mass is 200 g/mol. The maximum absolute atomic E-state index is 11.7. The van der Waals surface area contributed by atoms with Crippen LogP contribution in [0, 0.1) is 5.92 Å². The van der Waals surface area contributed by atoms with Crippen molar-refractivity contribution in [2.24, 2.45) is 11.7 Å². The Morgan fingerprint density at radius 3 is 3.00 bits per heavy atom. The number of amides is 1. The van der Waals surface area contributed by atoms with E-state index in [0.717, 1.165) is 19.4 Å². The van der Waals surface area contributed by atoms with Gasteiger partial charge in [0.05, 0.1) is 12.6 Å². The van der Waals surface area contributed by atoms with Crippen molar-refractivity contribution >= 4 is 5.91 Å². The van der Waals surface area contributed by atoms with Gasteiger partial charge in [-0.15, -0.1) is 0 Å². The van der Waals surface area contributed by atoms with Gasteiger partial charge in [-0.25, -0.2) is 0 Å². The summed E-state index contributed by atoms with van der Waals surface area (Å²) >= 11 is 0. The van der Waals surface area contributed by atoms with Gasteiger partial charge >= 0.3 is 0 Å².